The minimum atomic E-state index is 0.0965. The van der Waals surface area contributed by atoms with Gasteiger partial charge in [0.25, 0.3) is 0 Å². The second-order valence-electron chi connectivity index (χ2n) is 5.77. The third-order valence-corrected chi connectivity index (χ3v) is 4.43. The van der Waals surface area contributed by atoms with E-state index in [1.807, 2.05) is 36.4 Å². The molecule has 2 N–H and O–H groups in total. The van der Waals surface area contributed by atoms with Gasteiger partial charge in [-0.05, 0) is 42.9 Å². The maximum atomic E-state index is 12.7. The summed E-state index contributed by atoms with van der Waals surface area (Å²) in [5.74, 6) is 0.804. The summed E-state index contributed by atoms with van der Waals surface area (Å²) < 4.78 is 0. The summed E-state index contributed by atoms with van der Waals surface area (Å²) in [7, 11) is 0. The predicted octanol–water partition coefficient (Wildman–Crippen LogP) is 3.69. The Morgan fingerprint density at radius 3 is 2.38 bits per heavy atom. The van der Waals surface area contributed by atoms with Gasteiger partial charge >= 0.3 is 0 Å². The Morgan fingerprint density at radius 1 is 1.05 bits per heavy atom. The quantitative estimate of drug-likeness (QED) is 0.848. The molecule has 108 valence electrons. The van der Waals surface area contributed by atoms with Gasteiger partial charge in [0.2, 0.25) is 0 Å². The van der Waals surface area contributed by atoms with Crippen molar-refractivity contribution in [3.63, 3.8) is 0 Å². The summed E-state index contributed by atoms with van der Waals surface area (Å²) in [4.78, 5) is 12.7. The van der Waals surface area contributed by atoms with E-state index in [0.29, 0.717) is 12.5 Å². The van der Waals surface area contributed by atoms with Crippen LogP contribution in [0.3, 0.4) is 0 Å². The fraction of sp³-hybridized carbons (Fsp3) is 0.316. The highest BCUT2D eigenvalue weighted by Crippen LogP contribution is 2.36. The molecule has 2 aromatic rings. The Labute approximate surface area is 126 Å². The largest absolute Gasteiger partial charge is 0.330 e. The number of hydrogen-bond donors (Lipinski definition) is 1. The van der Waals surface area contributed by atoms with Crippen molar-refractivity contribution < 1.29 is 4.79 Å². The summed E-state index contributed by atoms with van der Waals surface area (Å²) in [5, 5.41) is 0. The molecule has 0 aromatic heterocycles. The first-order valence-electron chi connectivity index (χ1n) is 7.72. The molecule has 0 heterocycles. The zero-order valence-corrected chi connectivity index (χ0v) is 12.2. The van der Waals surface area contributed by atoms with Crippen LogP contribution in [-0.2, 0) is 6.42 Å². The van der Waals surface area contributed by atoms with Gasteiger partial charge in [-0.2, -0.15) is 0 Å². The van der Waals surface area contributed by atoms with E-state index in [0.717, 1.165) is 23.1 Å². The van der Waals surface area contributed by atoms with Crippen molar-refractivity contribution in [2.24, 2.45) is 5.73 Å². The van der Waals surface area contributed by atoms with Crippen LogP contribution >= 0.6 is 0 Å². The average Bonchev–Trinajstić information content (AvgIpc) is 2.47. The van der Waals surface area contributed by atoms with E-state index in [1.165, 1.54) is 24.8 Å². The predicted molar refractivity (Wildman–Crippen MR) is 85.7 cm³/mol. The van der Waals surface area contributed by atoms with Crippen molar-refractivity contribution in [2.45, 2.75) is 31.6 Å². The number of hydrogen-bond acceptors (Lipinski definition) is 2. The van der Waals surface area contributed by atoms with E-state index < -0.39 is 0 Å². The minimum Gasteiger partial charge on any atom is -0.330 e. The summed E-state index contributed by atoms with van der Waals surface area (Å²) in [6.07, 6.45) is 4.64. The van der Waals surface area contributed by atoms with Crippen molar-refractivity contribution in [3.8, 4) is 0 Å². The van der Waals surface area contributed by atoms with Gasteiger partial charge in [-0.15, -0.1) is 0 Å². The van der Waals surface area contributed by atoms with E-state index in [4.69, 9.17) is 5.73 Å². The van der Waals surface area contributed by atoms with Crippen LogP contribution in [0.15, 0.2) is 48.5 Å². The van der Waals surface area contributed by atoms with Crippen LogP contribution in [-0.4, -0.2) is 12.3 Å². The summed E-state index contributed by atoms with van der Waals surface area (Å²) in [6.45, 7) is 0.560. The normalized spacial score (nSPS) is 14.7. The maximum absolute atomic E-state index is 12.7. The molecule has 2 nitrogen and oxygen atoms in total. The second-order valence-corrected chi connectivity index (χ2v) is 5.77. The van der Waals surface area contributed by atoms with Crippen molar-refractivity contribution in [1.82, 2.24) is 0 Å². The molecule has 2 aromatic carbocycles. The van der Waals surface area contributed by atoms with E-state index >= 15 is 0 Å². The van der Waals surface area contributed by atoms with Crippen LogP contribution in [0.25, 0.3) is 0 Å². The molecule has 1 aliphatic carbocycles. The zero-order chi connectivity index (χ0) is 14.7. The Balaban J connectivity index is 1.84. The van der Waals surface area contributed by atoms with Gasteiger partial charge in [0.15, 0.2) is 5.78 Å². The van der Waals surface area contributed by atoms with Gasteiger partial charge in [0, 0.05) is 11.1 Å². The first-order valence-corrected chi connectivity index (χ1v) is 7.72. The summed E-state index contributed by atoms with van der Waals surface area (Å²) >= 11 is 0. The molecule has 0 amide bonds. The van der Waals surface area contributed by atoms with Crippen LogP contribution in [0.1, 0.15) is 52.2 Å². The number of rotatable bonds is 5. The lowest BCUT2D eigenvalue weighted by Gasteiger charge is -2.25. The van der Waals surface area contributed by atoms with E-state index in [-0.39, 0.29) is 5.78 Å². The molecule has 2 heteroatoms. The molecule has 0 bridgehead atoms. The van der Waals surface area contributed by atoms with Crippen molar-refractivity contribution in [1.29, 1.82) is 0 Å². The Bertz CT molecular complexity index is 626. The third kappa shape index (κ3) is 2.91. The molecular weight excluding hydrogens is 258 g/mol. The molecule has 1 fully saturated rings. The number of carbonyl (C=O) groups excluding carboxylic acids is 1. The third-order valence-electron chi connectivity index (χ3n) is 4.43. The van der Waals surface area contributed by atoms with Crippen molar-refractivity contribution in [3.05, 3.63) is 70.8 Å². The fourth-order valence-electron chi connectivity index (χ4n) is 2.92. The second kappa shape index (κ2) is 6.23. The molecular formula is C19H21NO. The van der Waals surface area contributed by atoms with Crippen LogP contribution in [0.5, 0.6) is 0 Å². The minimum absolute atomic E-state index is 0.0965. The first-order chi connectivity index (χ1) is 10.3. The summed E-state index contributed by atoms with van der Waals surface area (Å²) in [5.41, 5.74) is 9.58. The van der Waals surface area contributed by atoms with Gasteiger partial charge in [-0.25, -0.2) is 0 Å². The average molecular weight is 279 g/mol. The molecule has 0 radical (unpaired) electrons. The van der Waals surface area contributed by atoms with E-state index in [9.17, 15) is 4.79 Å². The monoisotopic (exact) mass is 279 g/mol. The van der Waals surface area contributed by atoms with Crippen molar-refractivity contribution in [2.75, 3.05) is 6.54 Å². The first kappa shape index (κ1) is 14.0. The molecule has 0 aliphatic heterocycles. The Hall–Kier alpha value is -1.93. The lowest BCUT2D eigenvalue weighted by atomic mass is 9.80. The molecule has 0 unspecified atom stereocenters. The van der Waals surface area contributed by atoms with Gasteiger partial charge in [0.1, 0.15) is 0 Å². The number of ketones is 1. The Kier molecular flexibility index (Phi) is 4.16. The van der Waals surface area contributed by atoms with Crippen LogP contribution in [0.4, 0.5) is 0 Å². The maximum Gasteiger partial charge on any atom is 0.193 e. The van der Waals surface area contributed by atoms with Gasteiger partial charge < -0.3 is 5.73 Å². The highest BCUT2D eigenvalue weighted by molar-refractivity contribution is 6.09. The molecule has 0 spiro atoms. The van der Waals surface area contributed by atoms with Gasteiger partial charge in [-0.1, -0.05) is 55.0 Å². The van der Waals surface area contributed by atoms with Gasteiger partial charge in [-0.3, -0.25) is 4.79 Å². The molecule has 1 aliphatic rings. The highest BCUT2D eigenvalue weighted by atomic mass is 16.1. The SMILES string of the molecule is NCCc1ccccc1C(=O)c1ccc(C2CCC2)cc1. The number of benzene rings is 2. The molecule has 21 heavy (non-hydrogen) atoms. The van der Waals surface area contributed by atoms with Gasteiger partial charge in [0.05, 0.1) is 0 Å². The lowest BCUT2D eigenvalue weighted by molar-refractivity contribution is 0.103. The Morgan fingerprint density at radius 2 is 1.76 bits per heavy atom. The van der Waals surface area contributed by atoms with Crippen molar-refractivity contribution >= 4 is 5.78 Å². The van der Waals surface area contributed by atoms with Crippen LogP contribution in [0.2, 0.25) is 0 Å². The topological polar surface area (TPSA) is 43.1 Å². The fourth-order valence-corrected chi connectivity index (χ4v) is 2.92. The number of nitrogens with two attached hydrogens (primary N) is 1. The van der Waals surface area contributed by atoms with E-state index in [1.54, 1.807) is 0 Å². The molecule has 0 saturated heterocycles. The van der Waals surface area contributed by atoms with E-state index in [2.05, 4.69) is 12.1 Å². The molecule has 0 atom stereocenters. The standard InChI is InChI=1S/C19H21NO/c20-13-12-16-4-1-2-7-18(16)19(21)17-10-8-15(9-11-17)14-5-3-6-14/h1-2,4,7-11,14H,3,5-6,12-13,20H2. The lowest BCUT2D eigenvalue weighted by Crippen LogP contribution is -2.11. The highest BCUT2D eigenvalue weighted by Gasteiger charge is 2.20. The zero-order valence-electron chi connectivity index (χ0n) is 12.2. The summed E-state index contributed by atoms with van der Waals surface area (Å²) in [6, 6.07) is 15.9. The number of carbonyl (C=O) groups is 1. The molecule has 1 saturated carbocycles. The molecule has 3 rings (SSSR count). The smallest absolute Gasteiger partial charge is 0.193 e. The van der Waals surface area contributed by atoms with Crippen LogP contribution in [0, 0.1) is 0 Å². The van der Waals surface area contributed by atoms with Crippen LogP contribution < -0.4 is 5.73 Å².